The maximum atomic E-state index is 11.1. The summed E-state index contributed by atoms with van der Waals surface area (Å²) in [6.07, 6.45) is 1.13. The number of hydrogen-bond donors (Lipinski definition) is 2. The third kappa shape index (κ3) is 5.61. The molecule has 0 atom stereocenters. The number of carbonyl (C=O) groups excluding carboxylic acids is 1. The fraction of sp³-hybridized carbons (Fsp3) is 0.500. The Morgan fingerprint density at radius 3 is 2.84 bits per heavy atom. The summed E-state index contributed by atoms with van der Waals surface area (Å²) in [4.78, 5) is 11.1. The minimum atomic E-state index is -0.170. The number of rotatable bonds is 8. The minimum absolute atomic E-state index is 0.170. The first-order valence-corrected chi connectivity index (χ1v) is 6.39. The molecule has 0 radical (unpaired) electrons. The van der Waals surface area contributed by atoms with Crippen LogP contribution in [0.5, 0.6) is 11.5 Å². The van der Waals surface area contributed by atoms with Gasteiger partial charge in [0.15, 0.2) is 0 Å². The zero-order valence-corrected chi connectivity index (χ0v) is 11.4. The van der Waals surface area contributed by atoms with Crippen LogP contribution >= 0.6 is 0 Å². The van der Waals surface area contributed by atoms with Crippen molar-refractivity contribution in [3.63, 3.8) is 0 Å². The average molecular weight is 267 g/mol. The molecule has 0 saturated carbocycles. The number of hydrogen-bond acceptors (Lipinski definition) is 5. The Morgan fingerprint density at radius 1 is 1.42 bits per heavy atom. The van der Waals surface area contributed by atoms with E-state index in [9.17, 15) is 9.90 Å². The second-order valence-corrected chi connectivity index (χ2v) is 4.08. The standard InChI is InChI=1S/C14H21NO4/c1-3-19-14(17)5-4-8-15-10-11-6-7-12(18-2)9-13(11)16/h6-7,9,15-16H,3-5,8,10H2,1-2H3. The molecule has 5 heteroatoms. The van der Waals surface area contributed by atoms with Gasteiger partial charge in [-0.1, -0.05) is 6.07 Å². The number of phenolic OH excluding ortho intramolecular Hbond substituents is 1. The van der Waals surface area contributed by atoms with Gasteiger partial charge in [-0.15, -0.1) is 0 Å². The molecular formula is C14H21NO4. The van der Waals surface area contributed by atoms with Crippen molar-refractivity contribution in [3.05, 3.63) is 23.8 Å². The van der Waals surface area contributed by atoms with Crippen molar-refractivity contribution in [1.29, 1.82) is 0 Å². The highest BCUT2D eigenvalue weighted by molar-refractivity contribution is 5.69. The second-order valence-electron chi connectivity index (χ2n) is 4.08. The van der Waals surface area contributed by atoms with E-state index in [0.717, 1.165) is 12.0 Å². The van der Waals surface area contributed by atoms with Crippen molar-refractivity contribution in [1.82, 2.24) is 5.32 Å². The third-order valence-electron chi connectivity index (χ3n) is 2.65. The number of methoxy groups -OCH3 is 1. The van der Waals surface area contributed by atoms with Crippen LogP contribution in [0.2, 0.25) is 0 Å². The van der Waals surface area contributed by atoms with E-state index in [4.69, 9.17) is 9.47 Å². The van der Waals surface area contributed by atoms with Gasteiger partial charge in [-0.25, -0.2) is 0 Å². The molecule has 0 aromatic heterocycles. The van der Waals surface area contributed by atoms with Gasteiger partial charge >= 0.3 is 5.97 Å². The van der Waals surface area contributed by atoms with Crippen LogP contribution in [0, 0.1) is 0 Å². The molecule has 5 nitrogen and oxygen atoms in total. The van der Waals surface area contributed by atoms with Gasteiger partial charge in [0.1, 0.15) is 11.5 Å². The quantitative estimate of drug-likeness (QED) is 0.555. The maximum absolute atomic E-state index is 11.1. The summed E-state index contributed by atoms with van der Waals surface area (Å²) < 4.78 is 9.84. The number of ether oxygens (including phenoxy) is 2. The van der Waals surface area contributed by atoms with E-state index in [0.29, 0.717) is 31.9 Å². The molecule has 0 fully saturated rings. The van der Waals surface area contributed by atoms with Gasteiger partial charge in [0.05, 0.1) is 13.7 Å². The van der Waals surface area contributed by atoms with E-state index in [1.165, 1.54) is 0 Å². The van der Waals surface area contributed by atoms with Crippen LogP contribution in [0.3, 0.4) is 0 Å². The van der Waals surface area contributed by atoms with E-state index in [1.54, 1.807) is 26.2 Å². The summed E-state index contributed by atoms with van der Waals surface area (Å²) >= 11 is 0. The normalized spacial score (nSPS) is 10.2. The van der Waals surface area contributed by atoms with Crippen molar-refractivity contribution in [2.75, 3.05) is 20.3 Å². The number of phenols is 1. The number of benzene rings is 1. The van der Waals surface area contributed by atoms with Crippen LogP contribution < -0.4 is 10.1 Å². The van der Waals surface area contributed by atoms with Crippen LogP contribution in [-0.2, 0) is 16.1 Å². The van der Waals surface area contributed by atoms with Gasteiger partial charge in [0, 0.05) is 24.6 Å². The first-order valence-electron chi connectivity index (χ1n) is 6.39. The molecule has 0 heterocycles. The van der Waals surface area contributed by atoms with Gasteiger partial charge < -0.3 is 19.9 Å². The van der Waals surface area contributed by atoms with Crippen molar-refractivity contribution in [2.24, 2.45) is 0 Å². The Morgan fingerprint density at radius 2 is 2.21 bits per heavy atom. The number of carbonyl (C=O) groups is 1. The van der Waals surface area contributed by atoms with E-state index in [-0.39, 0.29) is 11.7 Å². The summed E-state index contributed by atoms with van der Waals surface area (Å²) in [5.74, 6) is 0.664. The van der Waals surface area contributed by atoms with Crippen LogP contribution in [0.15, 0.2) is 18.2 Å². The Kier molecular flexibility index (Phi) is 6.74. The maximum Gasteiger partial charge on any atom is 0.305 e. The molecule has 0 aliphatic rings. The van der Waals surface area contributed by atoms with Crippen molar-refractivity contribution in [2.45, 2.75) is 26.3 Å². The van der Waals surface area contributed by atoms with Gasteiger partial charge in [-0.2, -0.15) is 0 Å². The highest BCUT2D eigenvalue weighted by Gasteiger charge is 2.03. The van der Waals surface area contributed by atoms with Crippen molar-refractivity contribution in [3.8, 4) is 11.5 Å². The summed E-state index contributed by atoms with van der Waals surface area (Å²) in [5, 5.41) is 12.9. The minimum Gasteiger partial charge on any atom is -0.507 e. The Labute approximate surface area is 113 Å². The molecule has 0 bridgehead atoms. The van der Waals surface area contributed by atoms with E-state index in [2.05, 4.69) is 5.32 Å². The van der Waals surface area contributed by atoms with Crippen LogP contribution in [0.1, 0.15) is 25.3 Å². The summed E-state index contributed by atoms with van der Waals surface area (Å²) in [6, 6.07) is 5.19. The lowest BCUT2D eigenvalue weighted by Crippen LogP contribution is -2.16. The lowest BCUT2D eigenvalue weighted by molar-refractivity contribution is -0.143. The average Bonchev–Trinajstić information content (AvgIpc) is 2.40. The molecule has 0 unspecified atom stereocenters. The fourth-order valence-corrected chi connectivity index (χ4v) is 1.63. The van der Waals surface area contributed by atoms with Gasteiger partial charge in [-0.3, -0.25) is 4.79 Å². The predicted octanol–water partition coefficient (Wildman–Crippen LogP) is 1.83. The molecule has 1 aromatic carbocycles. The lowest BCUT2D eigenvalue weighted by Gasteiger charge is -2.08. The van der Waals surface area contributed by atoms with Gasteiger partial charge in [0.2, 0.25) is 0 Å². The highest BCUT2D eigenvalue weighted by Crippen LogP contribution is 2.22. The summed E-state index contributed by atoms with van der Waals surface area (Å²) in [7, 11) is 1.56. The van der Waals surface area contributed by atoms with Gasteiger partial charge in [-0.05, 0) is 26.0 Å². The van der Waals surface area contributed by atoms with E-state index < -0.39 is 0 Å². The van der Waals surface area contributed by atoms with Gasteiger partial charge in [0.25, 0.3) is 0 Å². The molecule has 106 valence electrons. The second kappa shape index (κ2) is 8.37. The fourth-order valence-electron chi connectivity index (χ4n) is 1.63. The zero-order valence-electron chi connectivity index (χ0n) is 11.4. The Bertz CT molecular complexity index is 406. The highest BCUT2D eigenvalue weighted by atomic mass is 16.5. The van der Waals surface area contributed by atoms with E-state index in [1.807, 2.05) is 6.07 Å². The third-order valence-corrected chi connectivity index (χ3v) is 2.65. The van der Waals surface area contributed by atoms with Crippen molar-refractivity contribution < 1.29 is 19.4 Å². The molecule has 0 aliphatic carbocycles. The molecule has 2 N–H and O–H groups in total. The Balaban J connectivity index is 2.24. The molecule has 0 saturated heterocycles. The summed E-state index contributed by atoms with van der Waals surface area (Å²) in [6.45, 7) is 3.47. The topological polar surface area (TPSA) is 67.8 Å². The molecule has 0 spiro atoms. The first kappa shape index (κ1) is 15.3. The predicted molar refractivity (Wildman–Crippen MR) is 72.2 cm³/mol. The molecule has 0 amide bonds. The molecular weight excluding hydrogens is 246 g/mol. The lowest BCUT2D eigenvalue weighted by atomic mass is 10.2. The molecule has 19 heavy (non-hydrogen) atoms. The molecule has 0 aliphatic heterocycles. The van der Waals surface area contributed by atoms with Crippen molar-refractivity contribution >= 4 is 5.97 Å². The number of aromatic hydroxyl groups is 1. The largest absolute Gasteiger partial charge is 0.507 e. The zero-order chi connectivity index (χ0) is 14.1. The Hall–Kier alpha value is -1.75. The van der Waals surface area contributed by atoms with Crippen LogP contribution in [-0.4, -0.2) is 31.3 Å². The monoisotopic (exact) mass is 267 g/mol. The molecule has 1 rings (SSSR count). The van der Waals surface area contributed by atoms with E-state index >= 15 is 0 Å². The van der Waals surface area contributed by atoms with Crippen LogP contribution in [0.4, 0.5) is 0 Å². The number of nitrogens with one attached hydrogen (secondary N) is 1. The smallest absolute Gasteiger partial charge is 0.305 e. The molecule has 1 aromatic rings. The SMILES string of the molecule is CCOC(=O)CCCNCc1ccc(OC)cc1O. The first-order chi connectivity index (χ1) is 9.17. The summed E-state index contributed by atoms with van der Waals surface area (Å²) in [5.41, 5.74) is 0.803. The number of esters is 1. The van der Waals surface area contributed by atoms with Crippen LogP contribution in [0.25, 0.3) is 0 Å².